The summed E-state index contributed by atoms with van der Waals surface area (Å²) in [6.45, 7) is 0. The molecule has 15 rings (SSSR count). The summed E-state index contributed by atoms with van der Waals surface area (Å²) < 4.78 is 4.82. The van der Waals surface area contributed by atoms with E-state index >= 15 is 0 Å². The number of hydrogen-bond acceptors (Lipinski definition) is 2. The fourth-order valence-electron chi connectivity index (χ4n) is 11.6. The molecule has 0 aliphatic heterocycles. The van der Waals surface area contributed by atoms with Crippen LogP contribution in [0, 0.1) is 0 Å². The van der Waals surface area contributed by atoms with Crippen molar-refractivity contribution in [2.45, 2.75) is 0 Å². The lowest BCUT2D eigenvalue weighted by Gasteiger charge is -2.20. The number of aromatic nitrogens is 4. The molecule has 0 radical (unpaired) electrons. The average Bonchev–Trinajstić information content (AvgIpc) is 3.94. The molecule has 3 aromatic heterocycles. The molecule has 70 heavy (non-hydrogen) atoms. The van der Waals surface area contributed by atoms with E-state index in [0.717, 1.165) is 55.7 Å². The van der Waals surface area contributed by atoms with E-state index in [1.165, 1.54) is 87.4 Å². The lowest BCUT2D eigenvalue weighted by molar-refractivity contribution is 1.18. The third-order valence-corrected chi connectivity index (χ3v) is 14.7. The summed E-state index contributed by atoms with van der Waals surface area (Å²) in [5.41, 5.74) is 17.4. The van der Waals surface area contributed by atoms with Crippen molar-refractivity contribution >= 4 is 87.0 Å². The summed E-state index contributed by atoms with van der Waals surface area (Å²) in [6, 6.07) is 88.1. The second kappa shape index (κ2) is 15.1. The summed E-state index contributed by atoms with van der Waals surface area (Å²) >= 11 is 0. The van der Waals surface area contributed by atoms with Gasteiger partial charge in [0.2, 0.25) is 0 Å². The highest BCUT2D eigenvalue weighted by atomic mass is 15.0. The van der Waals surface area contributed by atoms with Gasteiger partial charge in [-0.05, 0) is 121 Å². The molecular weight excluding hydrogens is 849 g/mol. The van der Waals surface area contributed by atoms with Crippen molar-refractivity contribution in [3.05, 3.63) is 243 Å². The van der Waals surface area contributed by atoms with E-state index in [-0.39, 0.29) is 0 Å². The van der Waals surface area contributed by atoms with Crippen molar-refractivity contribution in [1.82, 2.24) is 19.1 Å². The Balaban J connectivity index is 1.02. The fourth-order valence-corrected chi connectivity index (χ4v) is 11.6. The highest BCUT2D eigenvalue weighted by molar-refractivity contribution is 6.31. The first-order valence-electron chi connectivity index (χ1n) is 24.0. The lowest BCUT2D eigenvalue weighted by Crippen LogP contribution is -1.98. The summed E-state index contributed by atoms with van der Waals surface area (Å²) in [4.78, 5) is 10.8. The normalized spacial score (nSPS) is 12.0. The number of benzene rings is 12. The van der Waals surface area contributed by atoms with Crippen LogP contribution < -0.4 is 0 Å². The van der Waals surface area contributed by atoms with Crippen LogP contribution in [0.4, 0.5) is 0 Å². The SMILES string of the molecule is c1ccc(-c2nc3ccccc3nc2-c2cc3ccc(-c4ccc5c6ccccc6n(-c6ccccc6)c5c4)c4ccc5c(-c6ccc7c8ccccc8n(-c8ccccc8)c7c6)ccc2c5c34)cc1. The molecular formula is C66H40N4. The molecule has 15 aromatic rings. The van der Waals surface area contributed by atoms with Gasteiger partial charge in [0.05, 0.1) is 44.5 Å². The fraction of sp³-hybridized carbons (Fsp3) is 0. The third-order valence-electron chi connectivity index (χ3n) is 14.7. The molecule has 0 N–H and O–H groups in total. The Morgan fingerprint density at radius 2 is 0.686 bits per heavy atom. The van der Waals surface area contributed by atoms with Gasteiger partial charge in [-0.1, -0.05) is 176 Å². The maximum Gasteiger partial charge on any atom is 0.0979 e. The van der Waals surface area contributed by atoms with Gasteiger partial charge in [-0.25, -0.2) is 9.97 Å². The molecule has 0 spiro atoms. The third kappa shape index (κ3) is 5.71. The van der Waals surface area contributed by atoms with Gasteiger partial charge in [-0.3, -0.25) is 0 Å². The zero-order valence-electron chi connectivity index (χ0n) is 37.9. The maximum atomic E-state index is 5.48. The minimum absolute atomic E-state index is 0.871. The number of nitrogens with zero attached hydrogens (tertiary/aromatic N) is 4. The van der Waals surface area contributed by atoms with Crippen molar-refractivity contribution < 1.29 is 0 Å². The lowest BCUT2D eigenvalue weighted by atomic mass is 9.84. The monoisotopic (exact) mass is 888 g/mol. The number of hydrogen-bond donors (Lipinski definition) is 0. The molecule has 0 aliphatic rings. The van der Waals surface area contributed by atoms with Crippen LogP contribution in [0.15, 0.2) is 243 Å². The molecule has 0 amide bonds. The molecule has 0 fully saturated rings. The van der Waals surface area contributed by atoms with Crippen LogP contribution in [-0.4, -0.2) is 19.1 Å². The minimum atomic E-state index is 0.871. The van der Waals surface area contributed by atoms with E-state index in [4.69, 9.17) is 9.97 Å². The molecule has 0 bridgehead atoms. The molecule has 0 atom stereocenters. The number of fused-ring (bicyclic) bond motifs is 7. The van der Waals surface area contributed by atoms with Crippen LogP contribution in [0.25, 0.3) is 143 Å². The quantitative estimate of drug-likeness (QED) is 0.156. The van der Waals surface area contributed by atoms with E-state index in [9.17, 15) is 0 Å². The smallest absolute Gasteiger partial charge is 0.0979 e. The van der Waals surface area contributed by atoms with Gasteiger partial charge in [0, 0.05) is 44.0 Å². The summed E-state index contributed by atoms with van der Waals surface area (Å²) in [5.74, 6) is 0. The van der Waals surface area contributed by atoms with Gasteiger partial charge in [-0.2, -0.15) is 0 Å². The summed E-state index contributed by atoms with van der Waals surface area (Å²) in [5, 5.41) is 12.2. The Labute approximate surface area is 402 Å². The first-order valence-corrected chi connectivity index (χ1v) is 24.0. The summed E-state index contributed by atoms with van der Waals surface area (Å²) in [6.07, 6.45) is 0. The van der Waals surface area contributed by atoms with E-state index in [1.54, 1.807) is 0 Å². The molecule has 3 heterocycles. The van der Waals surface area contributed by atoms with Crippen LogP contribution in [0.3, 0.4) is 0 Å². The number of para-hydroxylation sites is 6. The van der Waals surface area contributed by atoms with Crippen molar-refractivity contribution in [3.8, 4) is 56.1 Å². The standard InChI is InChI=1S/C66H40N4/c1-4-16-41(17-5-1)65-66(68-58-25-13-12-24-57(58)67-65)56-38-44-30-31-47(42-28-32-51-49-22-10-14-26-59(49)69(61(51)39-42)45-18-6-2-7-19-45)53-36-37-54-48(34-35-55(56)64(54)63(44)53)43-29-33-52-50-23-11-15-27-60(50)70(62(52)40-43)46-20-8-3-9-21-46/h1-40H. The van der Waals surface area contributed by atoms with Crippen molar-refractivity contribution in [1.29, 1.82) is 0 Å². The average molecular weight is 889 g/mol. The van der Waals surface area contributed by atoms with Gasteiger partial charge in [0.15, 0.2) is 0 Å². The van der Waals surface area contributed by atoms with Crippen molar-refractivity contribution in [2.24, 2.45) is 0 Å². The maximum absolute atomic E-state index is 5.48. The van der Waals surface area contributed by atoms with Crippen LogP contribution in [0.2, 0.25) is 0 Å². The van der Waals surface area contributed by atoms with E-state index in [0.29, 0.717) is 0 Å². The molecule has 0 unspecified atom stereocenters. The topological polar surface area (TPSA) is 35.6 Å². The zero-order valence-corrected chi connectivity index (χ0v) is 37.9. The Kier molecular flexibility index (Phi) is 8.33. The molecule has 0 saturated heterocycles. The second-order valence-electron chi connectivity index (χ2n) is 18.4. The predicted octanol–water partition coefficient (Wildman–Crippen LogP) is 17.4. The minimum Gasteiger partial charge on any atom is -0.309 e. The largest absolute Gasteiger partial charge is 0.309 e. The zero-order chi connectivity index (χ0) is 45.9. The predicted molar refractivity (Wildman–Crippen MR) is 294 cm³/mol. The van der Waals surface area contributed by atoms with E-state index in [2.05, 4.69) is 240 Å². The molecule has 324 valence electrons. The molecule has 12 aromatic carbocycles. The molecule has 4 heteroatoms. The second-order valence-corrected chi connectivity index (χ2v) is 18.4. The van der Waals surface area contributed by atoms with Crippen LogP contribution >= 0.6 is 0 Å². The van der Waals surface area contributed by atoms with Gasteiger partial charge < -0.3 is 9.13 Å². The Hall–Kier alpha value is -9.38. The summed E-state index contributed by atoms with van der Waals surface area (Å²) in [7, 11) is 0. The Bertz CT molecular complexity index is 4570. The van der Waals surface area contributed by atoms with Crippen LogP contribution in [0.5, 0.6) is 0 Å². The van der Waals surface area contributed by atoms with Gasteiger partial charge in [0.25, 0.3) is 0 Å². The highest BCUT2D eigenvalue weighted by Crippen LogP contribution is 2.48. The van der Waals surface area contributed by atoms with Crippen LogP contribution in [-0.2, 0) is 0 Å². The molecule has 0 saturated carbocycles. The van der Waals surface area contributed by atoms with Gasteiger partial charge >= 0.3 is 0 Å². The van der Waals surface area contributed by atoms with Gasteiger partial charge in [-0.15, -0.1) is 0 Å². The Morgan fingerprint density at radius 1 is 0.257 bits per heavy atom. The van der Waals surface area contributed by atoms with Crippen molar-refractivity contribution in [2.75, 3.05) is 0 Å². The van der Waals surface area contributed by atoms with Crippen molar-refractivity contribution in [3.63, 3.8) is 0 Å². The van der Waals surface area contributed by atoms with E-state index < -0.39 is 0 Å². The molecule has 0 aliphatic carbocycles. The van der Waals surface area contributed by atoms with Gasteiger partial charge in [0.1, 0.15) is 0 Å². The Morgan fingerprint density at radius 3 is 1.27 bits per heavy atom. The first-order chi connectivity index (χ1) is 34.7. The molecule has 4 nitrogen and oxygen atoms in total. The first kappa shape index (κ1) is 38.7. The van der Waals surface area contributed by atoms with Crippen LogP contribution in [0.1, 0.15) is 0 Å². The van der Waals surface area contributed by atoms with E-state index in [1.807, 2.05) is 12.1 Å². The highest BCUT2D eigenvalue weighted by Gasteiger charge is 2.23. The number of rotatable bonds is 6.